The van der Waals surface area contributed by atoms with Crippen molar-refractivity contribution < 1.29 is 9.53 Å². The molecule has 0 saturated carbocycles. The van der Waals surface area contributed by atoms with E-state index in [0.29, 0.717) is 6.54 Å². The number of ether oxygens (including phenoxy) is 1. The number of likely N-dealkylation sites (tertiary alicyclic amines) is 1. The molecule has 2 rings (SSSR count). The van der Waals surface area contributed by atoms with E-state index in [-0.39, 0.29) is 41.8 Å². The molecule has 1 saturated heterocycles. The summed E-state index contributed by atoms with van der Waals surface area (Å²) in [4.78, 5) is 18.2. The zero-order valence-electron chi connectivity index (χ0n) is 14.2. The number of rotatable bonds is 3. The number of methoxy groups -OCH3 is 1. The third kappa shape index (κ3) is 5.09. The Morgan fingerprint density at radius 1 is 1.35 bits per heavy atom. The second kappa shape index (κ2) is 9.10. The minimum Gasteiger partial charge on any atom is -0.469 e. The first-order valence-electron chi connectivity index (χ1n) is 7.64. The number of hydrogen-bond donors (Lipinski definition) is 1. The summed E-state index contributed by atoms with van der Waals surface area (Å²) in [6.07, 6.45) is 0. The Balaban J connectivity index is 0.00000264. The summed E-state index contributed by atoms with van der Waals surface area (Å²) in [5.74, 6) is 0.885. The third-order valence-electron chi connectivity index (χ3n) is 4.20. The molecule has 0 radical (unpaired) electrons. The van der Waals surface area contributed by atoms with Crippen LogP contribution in [-0.2, 0) is 16.1 Å². The minimum atomic E-state index is -0.135. The minimum absolute atomic E-state index is 0. The molecule has 1 aromatic carbocycles. The summed E-state index contributed by atoms with van der Waals surface area (Å²) in [6.45, 7) is 6.35. The van der Waals surface area contributed by atoms with Gasteiger partial charge < -0.3 is 15.0 Å². The molecule has 2 atom stereocenters. The summed E-state index contributed by atoms with van der Waals surface area (Å²) >= 11 is 0. The second-order valence-corrected chi connectivity index (χ2v) is 5.90. The van der Waals surface area contributed by atoms with Gasteiger partial charge in [0.2, 0.25) is 0 Å². The molecule has 1 fully saturated rings. The fourth-order valence-corrected chi connectivity index (χ4v) is 2.82. The predicted molar refractivity (Wildman–Crippen MR) is 103 cm³/mol. The Labute approximate surface area is 155 Å². The van der Waals surface area contributed by atoms with Gasteiger partial charge in [-0.25, -0.2) is 0 Å². The highest BCUT2D eigenvalue weighted by Gasteiger charge is 2.36. The molecule has 0 bridgehead atoms. The Morgan fingerprint density at radius 2 is 2.00 bits per heavy atom. The molecular weight excluding hydrogens is 405 g/mol. The summed E-state index contributed by atoms with van der Waals surface area (Å²) < 4.78 is 4.88. The number of aliphatic imine (C=N–C) groups is 1. The maximum atomic E-state index is 11.8. The van der Waals surface area contributed by atoms with Crippen LogP contribution in [0.4, 0.5) is 0 Å². The van der Waals surface area contributed by atoms with E-state index in [1.165, 1.54) is 18.2 Å². The van der Waals surface area contributed by atoms with Crippen LogP contribution >= 0.6 is 24.0 Å². The molecule has 1 aliphatic heterocycles. The van der Waals surface area contributed by atoms with E-state index in [2.05, 4.69) is 53.3 Å². The number of hydrogen-bond acceptors (Lipinski definition) is 3. The van der Waals surface area contributed by atoms with Crippen molar-refractivity contribution in [3.63, 3.8) is 0 Å². The second-order valence-electron chi connectivity index (χ2n) is 5.90. The van der Waals surface area contributed by atoms with Crippen LogP contribution in [0.25, 0.3) is 0 Å². The van der Waals surface area contributed by atoms with Crippen LogP contribution < -0.4 is 5.32 Å². The van der Waals surface area contributed by atoms with E-state index in [0.717, 1.165) is 19.0 Å². The first kappa shape index (κ1) is 19.7. The first-order valence-corrected chi connectivity index (χ1v) is 7.64. The van der Waals surface area contributed by atoms with Gasteiger partial charge in [-0.2, -0.15) is 0 Å². The quantitative estimate of drug-likeness (QED) is 0.346. The van der Waals surface area contributed by atoms with Crippen molar-refractivity contribution in [2.75, 3.05) is 27.2 Å². The average molecular weight is 431 g/mol. The SMILES string of the molecule is CN=C(NCc1ccc(C)cc1)N1CC(C)C(C(=O)OC)C1.I. The van der Waals surface area contributed by atoms with Gasteiger partial charge in [0.05, 0.1) is 13.0 Å². The van der Waals surface area contributed by atoms with Crippen LogP contribution in [-0.4, -0.2) is 44.1 Å². The highest BCUT2D eigenvalue weighted by atomic mass is 127. The summed E-state index contributed by atoms with van der Waals surface area (Å²) in [7, 11) is 3.22. The van der Waals surface area contributed by atoms with Crippen LogP contribution in [0.3, 0.4) is 0 Å². The van der Waals surface area contributed by atoms with Crippen molar-refractivity contribution in [1.82, 2.24) is 10.2 Å². The van der Waals surface area contributed by atoms with Gasteiger partial charge in [-0.05, 0) is 18.4 Å². The summed E-state index contributed by atoms with van der Waals surface area (Å²) in [5, 5.41) is 3.37. The fraction of sp³-hybridized carbons (Fsp3) is 0.529. The van der Waals surface area contributed by atoms with Gasteiger partial charge in [-0.15, -0.1) is 24.0 Å². The molecule has 0 aromatic heterocycles. The monoisotopic (exact) mass is 431 g/mol. The standard InChI is InChI=1S/C17H25N3O2.HI/c1-12-5-7-14(8-6-12)9-19-17(18-3)20-10-13(2)15(11-20)16(21)22-4;/h5-8,13,15H,9-11H2,1-4H3,(H,18,19);1H. The number of nitrogens with zero attached hydrogens (tertiary/aromatic N) is 2. The maximum absolute atomic E-state index is 11.8. The molecule has 0 spiro atoms. The maximum Gasteiger partial charge on any atom is 0.310 e. The van der Waals surface area contributed by atoms with Crippen molar-refractivity contribution in [2.45, 2.75) is 20.4 Å². The van der Waals surface area contributed by atoms with Crippen LogP contribution in [0.1, 0.15) is 18.1 Å². The number of benzene rings is 1. The van der Waals surface area contributed by atoms with Gasteiger partial charge in [0.15, 0.2) is 5.96 Å². The lowest BCUT2D eigenvalue weighted by Gasteiger charge is -2.21. The Hall–Kier alpha value is -1.31. The van der Waals surface area contributed by atoms with Gasteiger partial charge in [0.1, 0.15) is 0 Å². The average Bonchev–Trinajstić information content (AvgIpc) is 2.91. The molecule has 128 valence electrons. The van der Waals surface area contributed by atoms with Crippen LogP contribution in [0, 0.1) is 18.8 Å². The molecule has 6 heteroatoms. The fourth-order valence-electron chi connectivity index (χ4n) is 2.82. The van der Waals surface area contributed by atoms with E-state index >= 15 is 0 Å². The van der Waals surface area contributed by atoms with Crippen LogP contribution in [0.5, 0.6) is 0 Å². The Bertz CT molecular complexity index is 545. The third-order valence-corrected chi connectivity index (χ3v) is 4.20. The largest absolute Gasteiger partial charge is 0.469 e. The normalized spacial score (nSPS) is 20.9. The number of nitrogens with one attached hydrogen (secondary N) is 1. The van der Waals surface area contributed by atoms with Crippen molar-refractivity contribution in [3.05, 3.63) is 35.4 Å². The summed E-state index contributed by atoms with van der Waals surface area (Å²) in [6, 6.07) is 8.43. The predicted octanol–water partition coefficient (Wildman–Crippen LogP) is 2.43. The van der Waals surface area contributed by atoms with Gasteiger partial charge in [0.25, 0.3) is 0 Å². The lowest BCUT2D eigenvalue weighted by molar-refractivity contribution is -0.145. The number of carbonyl (C=O) groups is 1. The van der Waals surface area contributed by atoms with Crippen molar-refractivity contribution in [2.24, 2.45) is 16.8 Å². The van der Waals surface area contributed by atoms with E-state index < -0.39 is 0 Å². The molecule has 1 heterocycles. The molecular formula is C17H26IN3O2. The molecule has 2 unspecified atom stereocenters. The zero-order chi connectivity index (χ0) is 16.1. The Kier molecular flexibility index (Phi) is 7.81. The van der Waals surface area contributed by atoms with E-state index in [4.69, 9.17) is 4.74 Å². The van der Waals surface area contributed by atoms with Gasteiger partial charge in [0, 0.05) is 26.7 Å². The summed E-state index contributed by atoms with van der Waals surface area (Å²) in [5.41, 5.74) is 2.46. The topological polar surface area (TPSA) is 53.9 Å². The molecule has 1 aromatic rings. The number of halogens is 1. The molecule has 5 nitrogen and oxygen atoms in total. The lowest BCUT2D eigenvalue weighted by atomic mass is 9.99. The molecule has 23 heavy (non-hydrogen) atoms. The lowest BCUT2D eigenvalue weighted by Crippen LogP contribution is -2.40. The van der Waals surface area contributed by atoms with Crippen LogP contribution in [0.15, 0.2) is 29.3 Å². The molecule has 1 N–H and O–H groups in total. The number of esters is 1. The van der Waals surface area contributed by atoms with Gasteiger partial charge >= 0.3 is 5.97 Å². The zero-order valence-corrected chi connectivity index (χ0v) is 16.5. The van der Waals surface area contributed by atoms with Crippen LogP contribution in [0.2, 0.25) is 0 Å². The smallest absolute Gasteiger partial charge is 0.310 e. The number of carbonyl (C=O) groups excluding carboxylic acids is 1. The van der Waals surface area contributed by atoms with Gasteiger partial charge in [-0.1, -0.05) is 36.8 Å². The molecule has 0 amide bonds. The van der Waals surface area contributed by atoms with Crippen molar-refractivity contribution in [1.29, 1.82) is 0 Å². The number of aryl methyl sites for hydroxylation is 1. The number of guanidine groups is 1. The van der Waals surface area contributed by atoms with Crippen molar-refractivity contribution in [3.8, 4) is 0 Å². The van der Waals surface area contributed by atoms with E-state index in [1.54, 1.807) is 7.05 Å². The first-order chi connectivity index (χ1) is 10.5. The van der Waals surface area contributed by atoms with E-state index in [1.807, 2.05) is 0 Å². The van der Waals surface area contributed by atoms with Gasteiger partial charge in [-0.3, -0.25) is 9.79 Å². The Morgan fingerprint density at radius 3 is 2.57 bits per heavy atom. The van der Waals surface area contributed by atoms with E-state index in [9.17, 15) is 4.79 Å². The molecule has 1 aliphatic rings. The van der Waals surface area contributed by atoms with Crippen molar-refractivity contribution >= 4 is 35.9 Å². The molecule has 0 aliphatic carbocycles. The highest BCUT2D eigenvalue weighted by molar-refractivity contribution is 14.0. The highest BCUT2D eigenvalue weighted by Crippen LogP contribution is 2.24.